The van der Waals surface area contributed by atoms with Gasteiger partial charge in [-0.25, -0.2) is 4.79 Å². The Kier molecular flexibility index (Phi) is 9.25. The van der Waals surface area contributed by atoms with Gasteiger partial charge in [0.05, 0.1) is 18.4 Å². The molecule has 0 spiro atoms. The highest BCUT2D eigenvalue weighted by molar-refractivity contribution is 5.79. The molecule has 0 heterocycles. The van der Waals surface area contributed by atoms with E-state index in [2.05, 4.69) is 34.9 Å². The molecular weight excluding hydrogens is 448 g/mol. The van der Waals surface area contributed by atoms with Crippen molar-refractivity contribution in [3.8, 4) is 11.1 Å². The van der Waals surface area contributed by atoms with E-state index in [1.54, 1.807) is 0 Å². The second-order valence-electron chi connectivity index (χ2n) is 9.24. The number of carboxylic acids is 1. The Labute approximate surface area is 206 Å². The van der Waals surface area contributed by atoms with Crippen LogP contribution in [0.25, 0.3) is 11.1 Å². The molecule has 188 valence electrons. The minimum atomic E-state index is -0.931. The maximum absolute atomic E-state index is 12.4. The molecule has 0 saturated carbocycles. The van der Waals surface area contributed by atoms with Gasteiger partial charge in [0.2, 0.25) is 5.91 Å². The summed E-state index contributed by atoms with van der Waals surface area (Å²) in [6.07, 6.45) is -0.679. The van der Waals surface area contributed by atoms with Crippen LogP contribution < -0.4 is 10.6 Å². The molecule has 0 fully saturated rings. The van der Waals surface area contributed by atoms with Gasteiger partial charge >= 0.3 is 12.1 Å². The number of aliphatic carboxylic acids is 1. The van der Waals surface area contributed by atoms with Crippen molar-refractivity contribution in [3.63, 3.8) is 0 Å². The Bertz CT molecular complexity index is 992. The first-order valence-electron chi connectivity index (χ1n) is 11.9. The highest BCUT2D eigenvalue weighted by Crippen LogP contribution is 2.44. The van der Waals surface area contributed by atoms with E-state index in [1.165, 1.54) is 7.11 Å². The molecule has 1 aliphatic rings. The van der Waals surface area contributed by atoms with E-state index in [9.17, 15) is 19.5 Å². The summed E-state index contributed by atoms with van der Waals surface area (Å²) >= 11 is 0. The third kappa shape index (κ3) is 7.05. The minimum absolute atomic E-state index is 0.00578. The molecular formula is C27H34N2O6. The van der Waals surface area contributed by atoms with Crippen molar-refractivity contribution in [2.75, 3.05) is 26.8 Å². The standard InChI is InChI=1S/C27H34N2O6/c1-17(2)12-18(26(31)32)14-28-25(30)13-19(34-3)15-29-27(33)35-16-24-22-10-6-4-8-20(22)21-9-5-7-11-23(21)24/h4-11,17-19,24H,12-16H2,1-3H3,(H,28,30)(H,29,33)(H,31,32). The molecule has 3 N–H and O–H groups in total. The molecule has 0 saturated heterocycles. The van der Waals surface area contributed by atoms with Crippen molar-refractivity contribution in [1.29, 1.82) is 0 Å². The van der Waals surface area contributed by atoms with Gasteiger partial charge in [0.1, 0.15) is 6.61 Å². The first-order chi connectivity index (χ1) is 16.8. The lowest BCUT2D eigenvalue weighted by atomic mass is 9.97. The number of benzene rings is 2. The number of nitrogens with one attached hydrogen (secondary N) is 2. The molecule has 2 aromatic carbocycles. The molecule has 2 unspecified atom stereocenters. The Balaban J connectivity index is 1.46. The van der Waals surface area contributed by atoms with Gasteiger partial charge in [-0.3, -0.25) is 9.59 Å². The minimum Gasteiger partial charge on any atom is -0.481 e. The molecule has 1 aliphatic carbocycles. The molecule has 8 heteroatoms. The molecule has 0 aliphatic heterocycles. The van der Waals surface area contributed by atoms with E-state index in [0.29, 0.717) is 6.42 Å². The van der Waals surface area contributed by atoms with Gasteiger partial charge in [-0.15, -0.1) is 0 Å². The molecule has 8 nitrogen and oxygen atoms in total. The summed E-state index contributed by atoms with van der Waals surface area (Å²) in [5.74, 6) is -1.73. The quantitative estimate of drug-likeness (QED) is 0.424. The molecule has 0 aromatic heterocycles. The average Bonchev–Trinajstić information content (AvgIpc) is 3.16. The Hall–Kier alpha value is -3.39. The van der Waals surface area contributed by atoms with Crippen LogP contribution in [0.2, 0.25) is 0 Å². The SMILES string of the molecule is COC(CNC(=O)OCC1c2ccccc2-c2ccccc21)CC(=O)NCC(CC(C)C)C(=O)O. The van der Waals surface area contributed by atoms with Crippen LogP contribution in [0.15, 0.2) is 48.5 Å². The first kappa shape index (κ1) is 26.2. The summed E-state index contributed by atoms with van der Waals surface area (Å²) in [6, 6.07) is 16.2. The van der Waals surface area contributed by atoms with Crippen LogP contribution in [-0.4, -0.2) is 56.0 Å². The maximum Gasteiger partial charge on any atom is 0.407 e. The van der Waals surface area contributed by atoms with E-state index in [-0.39, 0.29) is 43.9 Å². The van der Waals surface area contributed by atoms with Crippen LogP contribution in [-0.2, 0) is 19.1 Å². The zero-order valence-corrected chi connectivity index (χ0v) is 20.5. The molecule has 0 radical (unpaired) electrons. The Morgan fingerprint density at radius 1 is 0.943 bits per heavy atom. The molecule has 0 bridgehead atoms. The fourth-order valence-electron chi connectivity index (χ4n) is 4.44. The van der Waals surface area contributed by atoms with Gasteiger partial charge in [0.25, 0.3) is 0 Å². The second-order valence-corrected chi connectivity index (χ2v) is 9.24. The van der Waals surface area contributed by atoms with Gasteiger partial charge in [-0.2, -0.15) is 0 Å². The maximum atomic E-state index is 12.4. The van der Waals surface area contributed by atoms with Gasteiger partial charge in [0, 0.05) is 26.1 Å². The monoisotopic (exact) mass is 482 g/mol. The molecule has 2 amide bonds. The number of rotatable bonds is 12. The lowest BCUT2D eigenvalue weighted by Crippen LogP contribution is -2.39. The average molecular weight is 483 g/mol. The Morgan fingerprint density at radius 2 is 1.54 bits per heavy atom. The van der Waals surface area contributed by atoms with Crippen LogP contribution in [0, 0.1) is 11.8 Å². The number of amides is 2. The summed E-state index contributed by atoms with van der Waals surface area (Å²) in [7, 11) is 1.45. The molecule has 3 rings (SSSR count). The summed E-state index contributed by atoms with van der Waals surface area (Å²) in [5, 5.41) is 14.6. The summed E-state index contributed by atoms with van der Waals surface area (Å²) < 4.78 is 10.8. The number of carboxylic acid groups (broad SMARTS) is 1. The third-order valence-electron chi connectivity index (χ3n) is 6.21. The first-order valence-corrected chi connectivity index (χ1v) is 11.9. The van der Waals surface area contributed by atoms with Crippen molar-refractivity contribution in [3.05, 3.63) is 59.7 Å². The van der Waals surface area contributed by atoms with E-state index < -0.39 is 24.1 Å². The van der Waals surface area contributed by atoms with Crippen LogP contribution >= 0.6 is 0 Å². The highest BCUT2D eigenvalue weighted by Gasteiger charge is 2.29. The van der Waals surface area contributed by atoms with Gasteiger partial charge < -0.3 is 25.2 Å². The van der Waals surface area contributed by atoms with Crippen molar-refractivity contribution in [2.24, 2.45) is 11.8 Å². The number of ether oxygens (including phenoxy) is 2. The van der Waals surface area contributed by atoms with Gasteiger partial charge in [0.15, 0.2) is 0 Å². The number of hydrogen-bond donors (Lipinski definition) is 3. The summed E-state index contributed by atoms with van der Waals surface area (Å²) in [5.41, 5.74) is 4.57. The van der Waals surface area contributed by atoms with Crippen LogP contribution in [0.4, 0.5) is 4.79 Å². The second kappa shape index (κ2) is 12.4. The van der Waals surface area contributed by atoms with Crippen molar-refractivity contribution in [1.82, 2.24) is 10.6 Å². The molecule has 2 atom stereocenters. The number of methoxy groups -OCH3 is 1. The fourth-order valence-corrected chi connectivity index (χ4v) is 4.44. The largest absolute Gasteiger partial charge is 0.481 e. The highest BCUT2D eigenvalue weighted by atomic mass is 16.5. The van der Waals surface area contributed by atoms with Crippen LogP contribution in [0.1, 0.15) is 43.7 Å². The van der Waals surface area contributed by atoms with E-state index in [4.69, 9.17) is 9.47 Å². The van der Waals surface area contributed by atoms with E-state index in [1.807, 2.05) is 38.1 Å². The number of fused-ring (bicyclic) bond motifs is 3. The Morgan fingerprint density at radius 3 is 2.09 bits per heavy atom. The van der Waals surface area contributed by atoms with E-state index >= 15 is 0 Å². The van der Waals surface area contributed by atoms with Crippen molar-refractivity contribution in [2.45, 2.75) is 38.7 Å². The fraction of sp³-hybridized carbons (Fsp3) is 0.444. The molecule has 35 heavy (non-hydrogen) atoms. The summed E-state index contributed by atoms with van der Waals surface area (Å²) in [4.78, 5) is 36.0. The van der Waals surface area contributed by atoms with E-state index in [0.717, 1.165) is 22.3 Å². The van der Waals surface area contributed by atoms with Gasteiger partial charge in [-0.05, 0) is 34.6 Å². The third-order valence-corrected chi connectivity index (χ3v) is 6.21. The lowest BCUT2D eigenvalue weighted by Gasteiger charge is -2.19. The number of carbonyl (C=O) groups excluding carboxylic acids is 2. The smallest absolute Gasteiger partial charge is 0.407 e. The number of alkyl carbamates (subject to hydrolysis) is 1. The lowest BCUT2D eigenvalue weighted by molar-refractivity contribution is -0.142. The van der Waals surface area contributed by atoms with Crippen molar-refractivity contribution < 1.29 is 29.0 Å². The number of hydrogen-bond acceptors (Lipinski definition) is 5. The van der Waals surface area contributed by atoms with Crippen LogP contribution in [0.3, 0.4) is 0 Å². The zero-order valence-electron chi connectivity index (χ0n) is 20.5. The van der Waals surface area contributed by atoms with Crippen molar-refractivity contribution >= 4 is 18.0 Å². The molecule has 2 aromatic rings. The normalized spacial score (nSPS) is 14.1. The predicted molar refractivity (Wildman–Crippen MR) is 132 cm³/mol. The topological polar surface area (TPSA) is 114 Å². The summed E-state index contributed by atoms with van der Waals surface area (Å²) in [6.45, 7) is 4.23. The predicted octanol–water partition coefficient (Wildman–Crippen LogP) is 3.79. The van der Waals surface area contributed by atoms with Gasteiger partial charge in [-0.1, -0.05) is 62.4 Å². The van der Waals surface area contributed by atoms with Crippen LogP contribution in [0.5, 0.6) is 0 Å². The zero-order chi connectivity index (χ0) is 25.4. The number of carbonyl (C=O) groups is 3.